The topological polar surface area (TPSA) is 55.6 Å². The van der Waals surface area contributed by atoms with Crippen LogP contribution < -0.4 is 5.32 Å². The Kier molecular flexibility index (Phi) is 3.50. The van der Waals surface area contributed by atoms with Crippen LogP contribution in [0, 0.1) is 5.92 Å². The van der Waals surface area contributed by atoms with Crippen LogP contribution in [0.2, 0.25) is 0 Å². The summed E-state index contributed by atoms with van der Waals surface area (Å²) >= 11 is 1.46. The van der Waals surface area contributed by atoms with Gasteiger partial charge in [-0.3, -0.25) is 0 Å². The van der Waals surface area contributed by atoms with Gasteiger partial charge in [0.1, 0.15) is 11.6 Å². The molecule has 108 valence electrons. The zero-order chi connectivity index (χ0) is 14.2. The first kappa shape index (κ1) is 13.5. The smallest absolute Gasteiger partial charge is 0.202 e. The van der Waals surface area contributed by atoms with Crippen LogP contribution in [0.3, 0.4) is 0 Å². The van der Waals surface area contributed by atoms with Gasteiger partial charge in [0.15, 0.2) is 0 Å². The molecule has 2 aromatic heterocycles. The van der Waals surface area contributed by atoms with E-state index in [1.807, 2.05) is 6.20 Å². The monoisotopic (exact) mass is 291 g/mol. The summed E-state index contributed by atoms with van der Waals surface area (Å²) in [5.74, 6) is 2.77. The average molecular weight is 291 g/mol. The molecule has 6 heteroatoms. The highest BCUT2D eigenvalue weighted by Crippen LogP contribution is 2.24. The number of fused-ring (bicyclic) bond motifs is 1. The summed E-state index contributed by atoms with van der Waals surface area (Å²) in [5, 5.41) is 4.38. The minimum absolute atomic E-state index is 0.0208. The maximum Gasteiger partial charge on any atom is 0.202 e. The lowest BCUT2D eigenvalue weighted by molar-refractivity contribution is 0.381. The molecule has 2 aromatic rings. The van der Waals surface area contributed by atoms with E-state index < -0.39 is 0 Å². The fourth-order valence-electron chi connectivity index (χ4n) is 2.44. The molecule has 1 atom stereocenters. The van der Waals surface area contributed by atoms with Crippen LogP contribution in [0.25, 0.3) is 0 Å². The van der Waals surface area contributed by atoms with E-state index in [0.717, 1.165) is 30.5 Å². The van der Waals surface area contributed by atoms with E-state index in [9.17, 15) is 0 Å². The molecule has 0 saturated heterocycles. The molecular formula is C14H21N5S. The number of anilines is 1. The van der Waals surface area contributed by atoms with Crippen LogP contribution in [-0.2, 0) is 18.4 Å². The minimum Gasteiger partial charge on any atom is -0.360 e. The molecule has 0 fully saturated rings. The molecule has 3 rings (SSSR count). The van der Waals surface area contributed by atoms with Crippen molar-refractivity contribution in [3.63, 3.8) is 0 Å². The van der Waals surface area contributed by atoms with Gasteiger partial charge in [-0.2, -0.15) is 4.37 Å². The summed E-state index contributed by atoms with van der Waals surface area (Å²) in [4.78, 5) is 8.94. The molecule has 0 amide bonds. The van der Waals surface area contributed by atoms with Gasteiger partial charge in [0, 0.05) is 48.9 Å². The summed E-state index contributed by atoms with van der Waals surface area (Å²) in [6.45, 7) is 8.42. The largest absolute Gasteiger partial charge is 0.360 e. The Hall–Kier alpha value is -1.43. The van der Waals surface area contributed by atoms with Crippen molar-refractivity contribution in [3.8, 4) is 0 Å². The SMILES string of the molecule is CC(C)(C)c1nsc(NC[C@@H]2CCc3nccn3C2)n1. The van der Waals surface area contributed by atoms with Crippen LogP contribution >= 0.6 is 11.5 Å². The van der Waals surface area contributed by atoms with Gasteiger partial charge in [0.05, 0.1) is 0 Å². The molecule has 5 nitrogen and oxygen atoms in total. The number of imidazole rings is 1. The Labute approximate surface area is 123 Å². The van der Waals surface area contributed by atoms with Gasteiger partial charge < -0.3 is 9.88 Å². The number of hydrogen-bond acceptors (Lipinski definition) is 5. The number of nitrogens with one attached hydrogen (secondary N) is 1. The molecule has 0 bridgehead atoms. The Morgan fingerprint density at radius 1 is 1.45 bits per heavy atom. The molecule has 0 aliphatic carbocycles. The second kappa shape index (κ2) is 5.16. The first-order valence-electron chi connectivity index (χ1n) is 7.10. The van der Waals surface area contributed by atoms with Crippen molar-refractivity contribution in [1.82, 2.24) is 18.9 Å². The second-order valence-electron chi connectivity index (χ2n) is 6.45. The molecule has 1 aliphatic rings. The number of aromatic nitrogens is 4. The van der Waals surface area contributed by atoms with E-state index in [1.165, 1.54) is 23.8 Å². The molecule has 0 spiro atoms. The Bertz CT molecular complexity index is 580. The standard InChI is InChI=1S/C14H21N5S/c1-14(2,3)12-17-13(20-18-12)16-8-10-4-5-11-15-6-7-19(11)9-10/h6-7,10H,4-5,8-9H2,1-3H3,(H,16,17,18)/t10-/m0/s1. The third-order valence-electron chi connectivity index (χ3n) is 3.67. The number of hydrogen-bond donors (Lipinski definition) is 1. The quantitative estimate of drug-likeness (QED) is 0.944. The summed E-state index contributed by atoms with van der Waals surface area (Å²) < 4.78 is 6.69. The first-order valence-corrected chi connectivity index (χ1v) is 7.88. The zero-order valence-electron chi connectivity index (χ0n) is 12.3. The van der Waals surface area contributed by atoms with E-state index in [0.29, 0.717) is 5.92 Å². The molecule has 1 aliphatic heterocycles. The Morgan fingerprint density at radius 2 is 2.30 bits per heavy atom. The Balaban J connectivity index is 1.57. The van der Waals surface area contributed by atoms with Crippen LogP contribution in [0.4, 0.5) is 5.13 Å². The van der Waals surface area contributed by atoms with Gasteiger partial charge >= 0.3 is 0 Å². The molecule has 0 saturated carbocycles. The fourth-order valence-corrected chi connectivity index (χ4v) is 3.20. The van der Waals surface area contributed by atoms with E-state index in [2.05, 4.69) is 51.2 Å². The highest BCUT2D eigenvalue weighted by atomic mass is 32.1. The molecule has 0 radical (unpaired) electrons. The van der Waals surface area contributed by atoms with Gasteiger partial charge in [0.25, 0.3) is 0 Å². The third-order valence-corrected chi connectivity index (χ3v) is 4.34. The van der Waals surface area contributed by atoms with Crippen molar-refractivity contribution in [1.29, 1.82) is 0 Å². The second-order valence-corrected chi connectivity index (χ2v) is 7.21. The predicted molar refractivity (Wildman–Crippen MR) is 81.1 cm³/mol. The fraction of sp³-hybridized carbons (Fsp3) is 0.643. The van der Waals surface area contributed by atoms with Crippen molar-refractivity contribution in [2.24, 2.45) is 5.92 Å². The number of nitrogens with zero attached hydrogens (tertiary/aromatic N) is 4. The summed E-state index contributed by atoms with van der Waals surface area (Å²) in [7, 11) is 0. The summed E-state index contributed by atoms with van der Waals surface area (Å²) in [6.07, 6.45) is 6.23. The third kappa shape index (κ3) is 2.85. The molecular weight excluding hydrogens is 270 g/mol. The molecule has 20 heavy (non-hydrogen) atoms. The summed E-state index contributed by atoms with van der Waals surface area (Å²) in [6, 6.07) is 0. The van der Waals surface area contributed by atoms with Crippen molar-refractivity contribution in [3.05, 3.63) is 24.0 Å². The van der Waals surface area contributed by atoms with Crippen molar-refractivity contribution in [2.75, 3.05) is 11.9 Å². The van der Waals surface area contributed by atoms with Gasteiger partial charge in [0.2, 0.25) is 5.13 Å². The van der Waals surface area contributed by atoms with E-state index >= 15 is 0 Å². The van der Waals surface area contributed by atoms with Gasteiger partial charge in [-0.25, -0.2) is 9.97 Å². The summed E-state index contributed by atoms with van der Waals surface area (Å²) in [5.41, 5.74) is 0.0208. The zero-order valence-corrected chi connectivity index (χ0v) is 13.1. The van der Waals surface area contributed by atoms with Crippen molar-refractivity contribution in [2.45, 2.75) is 45.6 Å². The van der Waals surface area contributed by atoms with Gasteiger partial charge in [-0.05, 0) is 12.3 Å². The average Bonchev–Trinajstić information content (AvgIpc) is 3.04. The highest BCUT2D eigenvalue weighted by Gasteiger charge is 2.21. The van der Waals surface area contributed by atoms with Crippen molar-refractivity contribution < 1.29 is 0 Å². The first-order chi connectivity index (χ1) is 9.52. The normalized spacial score (nSPS) is 18.9. The van der Waals surface area contributed by atoms with E-state index in [1.54, 1.807) is 0 Å². The molecule has 0 unspecified atom stereocenters. The maximum atomic E-state index is 4.58. The van der Waals surface area contributed by atoms with E-state index in [-0.39, 0.29) is 5.41 Å². The highest BCUT2D eigenvalue weighted by molar-refractivity contribution is 7.09. The van der Waals surface area contributed by atoms with Crippen LogP contribution in [0.5, 0.6) is 0 Å². The number of rotatable bonds is 3. The maximum absolute atomic E-state index is 4.58. The Morgan fingerprint density at radius 3 is 3.05 bits per heavy atom. The van der Waals surface area contributed by atoms with Crippen LogP contribution in [-0.4, -0.2) is 25.5 Å². The van der Waals surface area contributed by atoms with Gasteiger partial charge in [-0.15, -0.1) is 0 Å². The lowest BCUT2D eigenvalue weighted by Gasteiger charge is -2.23. The lowest BCUT2D eigenvalue weighted by atomic mass is 9.96. The molecule has 1 N–H and O–H groups in total. The van der Waals surface area contributed by atoms with E-state index in [4.69, 9.17) is 0 Å². The molecule has 3 heterocycles. The lowest BCUT2D eigenvalue weighted by Crippen LogP contribution is -2.25. The van der Waals surface area contributed by atoms with Gasteiger partial charge in [-0.1, -0.05) is 20.8 Å². The van der Waals surface area contributed by atoms with Crippen LogP contribution in [0.15, 0.2) is 12.4 Å². The molecule has 0 aromatic carbocycles. The van der Waals surface area contributed by atoms with Crippen molar-refractivity contribution >= 4 is 16.7 Å². The predicted octanol–water partition coefficient (Wildman–Crippen LogP) is 2.71. The van der Waals surface area contributed by atoms with Crippen LogP contribution in [0.1, 0.15) is 38.8 Å². The number of aryl methyl sites for hydroxylation is 1. The minimum atomic E-state index is 0.0208.